The van der Waals surface area contributed by atoms with E-state index >= 15 is 0 Å². The third-order valence-corrected chi connectivity index (χ3v) is 9.83. The Balaban J connectivity index is 1.26. The second-order valence-electron chi connectivity index (χ2n) is 11.2. The Morgan fingerprint density at radius 1 is 1.03 bits per heavy atom. The van der Waals surface area contributed by atoms with Crippen molar-refractivity contribution in [3.05, 3.63) is 57.8 Å². The minimum atomic E-state index is -0.234. The van der Waals surface area contributed by atoms with Gasteiger partial charge in [0.1, 0.15) is 0 Å². The molecule has 4 aliphatic carbocycles. The summed E-state index contributed by atoms with van der Waals surface area (Å²) in [7, 11) is 1.57. The van der Waals surface area contributed by atoms with Crippen LogP contribution in [0.25, 0.3) is 11.8 Å². The van der Waals surface area contributed by atoms with Gasteiger partial charge in [0.05, 0.1) is 18.1 Å². The molecular formula is C29H34N2O3S. The van der Waals surface area contributed by atoms with Crippen molar-refractivity contribution >= 4 is 29.0 Å². The molecule has 0 atom stereocenters. The molecule has 0 radical (unpaired) electrons. The highest BCUT2D eigenvalue weighted by Gasteiger charge is 2.51. The van der Waals surface area contributed by atoms with Crippen LogP contribution in [-0.4, -0.2) is 40.9 Å². The van der Waals surface area contributed by atoms with E-state index in [1.807, 2.05) is 6.08 Å². The second-order valence-corrected chi connectivity index (χ2v) is 12.2. The van der Waals surface area contributed by atoms with Gasteiger partial charge in [0.2, 0.25) is 0 Å². The molecule has 0 spiro atoms. The molecule has 4 bridgehead atoms. The number of benzene rings is 1. The van der Waals surface area contributed by atoms with Crippen molar-refractivity contribution in [1.82, 2.24) is 9.47 Å². The first-order valence-corrected chi connectivity index (χ1v) is 13.7. The molecule has 2 amide bonds. The van der Waals surface area contributed by atoms with Crippen LogP contribution in [0.1, 0.15) is 61.0 Å². The smallest absolute Gasteiger partial charge is 0.293 e. The number of aromatic nitrogens is 1. The van der Waals surface area contributed by atoms with Crippen LogP contribution in [0.5, 0.6) is 0 Å². The molecule has 5 aliphatic rings. The van der Waals surface area contributed by atoms with E-state index < -0.39 is 0 Å². The third kappa shape index (κ3) is 3.89. The van der Waals surface area contributed by atoms with Gasteiger partial charge in [-0.15, -0.1) is 0 Å². The van der Waals surface area contributed by atoms with Gasteiger partial charge in [0.15, 0.2) is 0 Å². The first-order chi connectivity index (χ1) is 16.9. The molecule has 2 heterocycles. The van der Waals surface area contributed by atoms with Crippen LogP contribution in [0.3, 0.4) is 0 Å². The molecule has 2 aromatic rings. The van der Waals surface area contributed by atoms with E-state index in [2.05, 4.69) is 48.7 Å². The molecule has 35 heavy (non-hydrogen) atoms. The largest absolute Gasteiger partial charge is 0.383 e. The Hall–Kier alpha value is -2.31. The van der Waals surface area contributed by atoms with Crippen LogP contribution in [0, 0.1) is 31.6 Å². The number of hydrogen-bond donors (Lipinski definition) is 0. The molecule has 0 unspecified atom stereocenters. The maximum atomic E-state index is 12.8. The number of nitrogens with zero attached hydrogens (tertiary/aromatic N) is 2. The third-order valence-electron chi connectivity index (χ3n) is 8.93. The number of aryl methyl sites for hydroxylation is 1. The molecule has 7 rings (SSSR count). The molecule has 5 fully saturated rings. The summed E-state index contributed by atoms with van der Waals surface area (Å²) in [6.07, 6.45) is 10.4. The fraction of sp³-hybridized carbons (Fsp3) is 0.517. The first-order valence-electron chi connectivity index (χ1n) is 12.9. The zero-order valence-electron chi connectivity index (χ0n) is 20.9. The molecular weight excluding hydrogens is 456 g/mol. The lowest BCUT2D eigenvalue weighted by molar-refractivity contribution is -0.123. The number of ether oxygens (including phenoxy) is 1. The van der Waals surface area contributed by atoms with E-state index in [-0.39, 0.29) is 17.7 Å². The number of methoxy groups -OCH3 is 1. The van der Waals surface area contributed by atoms with Gasteiger partial charge in [-0.3, -0.25) is 14.5 Å². The molecule has 1 aliphatic heterocycles. The summed E-state index contributed by atoms with van der Waals surface area (Å²) in [5.74, 6) is 2.60. The van der Waals surface area contributed by atoms with Gasteiger partial charge in [0, 0.05) is 24.2 Å². The fourth-order valence-electron chi connectivity index (χ4n) is 7.78. The zero-order chi connectivity index (χ0) is 24.3. The zero-order valence-corrected chi connectivity index (χ0v) is 21.7. The van der Waals surface area contributed by atoms with Crippen molar-refractivity contribution < 1.29 is 14.3 Å². The van der Waals surface area contributed by atoms with E-state index in [0.717, 1.165) is 52.2 Å². The lowest BCUT2D eigenvalue weighted by atomic mass is 9.48. The average molecular weight is 491 g/mol. The van der Waals surface area contributed by atoms with Crippen molar-refractivity contribution in [3.63, 3.8) is 0 Å². The topological polar surface area (TPSA) is 51.5 Å². The van der Waals surface area contributed by atoms with Crippen molar-refractivity contribution in [1.29, 1.82) is 0 Å². The summed E-state index contributed by atoms with van der Waals surface area (Å²) in [5, 5.41) is -0.229. The number of thioether (sulfide) groups is 1. The Bertz CT molecular complexity index is 1170. The van der Waals surface area contributed by atoms with Crippen molar-refractivity contribution in [2.75, 3.05) is 20.3 Å². The van der Waals surface area contributed by atoms with Gasteiger partial charge >= 0.3 is 0 Å². The molecule has 0 N–H and O–H groups in total. The monoisotopic (exact) mass is 490 g/mol. The molecule has 1 aromatic heterocycles. The molecule has 4 saturated carbocycles. The summed E-state index contributed by atoms with van der Waals surface area (Å²) in [4.78, 5) is 26.8. The molecule has 184 valence electrons. The maximum absolute atomic E-state index is 12.8. The number of rotatable bonds is 6. The lowest BCUT2D eigenvalue weighted by Crippen LogP contribution is -2.48. The summed E-state index contributed by atoms with van der Waals surface area (Å²) >= 11 is 1.01. The number of carbonyl (C=O) groups excluding carboxylic acids is 2. The van der Waals surface area contributed by atoms with Gasteiger partial charge in [-0.1, -0.05) is 12.1 Å². The van der Waals surface area contributed by atoms with Crippen LogP contribution in [-0.2, 0) is 14.9 Å². The van der Waals surface area contributed by atoms with Crippen molar-refractivity contribution in [2.45, 2.75) is 57.8 Å². The van der Waals surface area contributed by atoms with Gasteiger partial charge in [0.25, 0.3) is 11.1 Å². The van der Waals surface area contributed by atoms with Gasteiger partial charge < -0.3 is 9.30 Å². The average Bonchev–Trinajstić information content (AvgIpc) is 3.25. The van der Waals surface area contributed by atoms with Crippen LogP contribution in [0.2, 0.25) is 0 Å². The predicted octanol–water partition coefficient (Wildman–Crippen LogP) is 6.24. The van der Waals surface area contributed by atoms with E-state index in [1.165, 1.54) is 49.0 Å². The van der Waals surface area contributed by atoms with Crippen LogP contribution in [0.15, 0.2) is 35.2 Å². The number of hydrogen-bond acceptors (Lipinski definition) is 4. The highest BCUT2D eigenvalue weighted by atomic mass is 32.2. The minimum absolute atomic E-state index is 0.229. The second kappa shape index (κ2) is 8.67. The summed E-state index contributed by atoms with van der Waals surface area (Å²) in [6.45, 7) is 4.81. The Morgan fingerprint density at radius 2 is 1.66 bits per heavy atom. The normalized spacial score (nSPS) is 30.8. The van der Waals surface area contributed by atoms with Gasteiger partial charge in [-0.05, 0) is 123 Å². The van der Waals surface area contributed by atoms with Crippen LogP contribution in [0.4, 0.5) is 4.79 Å². The first kappa shape index (κ1) is 23.1. The number of imide groups is 1. The Morgan fingerprint density at radius 3 is 2.26 bits per heavy atom. The number of amides is 2. The molecule has 1 aromatic carbocycles. The fourth-order valence-corrected chi connectivity index (χ4v) is 8.63. The lowest BCUT2D eigenvalue weighted by Gasteiger charge is -2.57. The van der Waals surface area contributed by atoms with Gasteiger partial charge in [-0.2, -0.15) is 0 Å². The summed E-state index contributed by atoms with van der Waals surface area (Å²) in [5.41, 5.74) is 6.27. The number of carbonyl (C=O) groups is 2. The molecule has 5 nitrogen and oxygen atoms in total. The van der Waals surface area contributed by atoms with Crippen LogP contribution >= 0.6 is 11.8 Å². The van der Waals surface area contributed by atoms with E-state index in [9.17, 15) is 9.59 Å². The standard InChI is InChI=1S/C29H34N2O3S/c1-18-10-23(14-26-27(32)30(8-9-34-3)28(33)35-26)19(2)31(18)25-6-4-24(5-7-25)29-15-20-11-21(16-29)13-22(12-20)17-29/h4-7,10,14,20-22H,8-9,11-13,15-17H2,1-3H3. The molecule has 1 saturated heterocycles. The Kier molecular flexibility index (Phi) is 5.72. The molecule has 6 heteroatoms. The minimum Gasteiger partial charge on any atom is -0.383 e. The maximum Gasteiger partial charge on any atom is 0.293 e. The SMILES string of the molecule is COCCN1C(=O)SC(=Cc2cc(C)n(-c3ccc(C45CC6CC(CC(C6)C4)C5)cc3)c2C)C1=O. The van der Waals surface area contributed by atoms with E-state index in [4.69, 9.17) is 4.74 Å². The highest BCUT2D eigenvalue weighted by Crippen LogP contribution is 2.60. The summed E-state index contributed by atoms with van der Waals surface area (Å²) < 4.78 is 7.29. The van der Waals surface area contributed by atoms with Gasteiger partial charge in [-0.25, -0.2) is 0 Å². The summed E-state index contributed by atoms with van der Waals surface area (Å²) in [6, 6.07) is 11.4. The van der Waals surface area contributed by atoms with Crippen molar-refractivity contribution in [2.24, 2.45) is 17.8 Å². The highest BCUT2D eigenvalue weighted by molar-refractivity contribution is 8.18. The predicted molar refractivity (Wildman–Crippen MR) is 140 cm³/mol. The van der Waals surface area contributed by atoms with Crippen LogP contribution < -0.4 is 0 Å². The van der Waals surface area contributed by atoms with Crippen molar-refractivity contribution in [3.8, 4) is 5.69 Å². The quantitative estimate of drug-likeness (QED) is 0.450. The van der Waals surface area contributed by atoms with E-state index in [0.29, 0.717) is 16.9 Å². The Labute approximate surface area is 211 Å². The van der Waals surface area contributed by atoms with E-state index in [1.54, 1.807) is 7.11 Å².